The molecule has 3 aromatic rings. The first-order chi connectivity index (χ1) is 15.6. The molecule has 8 heteroatoms. The number of para-hydroxylation sites is 1. The number of carbonyl (C=O) groups excluding carboxylic acids is 2. The summed E-state index contributed by atoms with van der Waals surface area (Å²) in [5.74, 6) is -0.660. The van der Waals surface area contributed by atoms with Crippen molar-refractivity contribution in [2.24, 2.45) is 0 Å². The monoisotopic (exact) mass is 455 g/mol. The Kier molecular flexibility index (Phi) is 5.71. The number of fused-ring (bicyclic) bond motifs is 1. The number of halogens is 3. The van der Waals surface area contributed by atoms with E-state index in [9.17, 15) is 27.9 Å². The van der Waals surface area contributed by atoms with Crippen LogP contribution >= 0.6 is 0 Å². The molecule has 1 amide bonds. The van der Waals surface area contributed by atoms with Gasteiger partial charge in [-0.3, -0.25) is 9.59 Å². The Morgan fingerprint density at radius 2 is 1.73 bits per heavy atom. The lowest BCUT2D eigenvalue weighted by Gasteiger charge is -2.23. The summed E-state index contributed by atoms with van der Waals surface area (Å²) < 4.78 is 44.4. The molecule has 1 heterocycles. The number of benzene rings is 3. The Bertz CT molecular complexity index is 1210. The molecule has 170 valence electrons. The Morgan fingerprint density at radius 1 is 1.03 bits per heavy atom. The van der Waals surface area contributed by atoms with Crippen molar-refractivity contribution in [3.05, 3.63) is 95.1 Å². The second-order valence-electron chi connectivity index (χ2n) is 7.80. The van der Waals surface area contributed by atoms with Gasteiger partial charge < -0.3 is 14.7 Å². The molecular formula is C25H20F3NO4. The SMILES string of the molecule is COc1ccc(C(=O)C[C@@]2(O)C(=O)N(Cc3cccc(C(F)(F)F)c3)c3ccccc32)cc1. The fourth-order valence-electron chi connectivity index (χ4n) is 3.97. The molecule has 0 radical (unpaired) electrons. The highest BCUT2D eigenvalue weighted by Gasteiger charge is 2.50. The second kappa shape index (κ2) is 8.37. The van der Waals surface area contributed by atoms with Gasteiger partial charge in [-0.05, 0) is 48.0 Å². The molecule has 1 aliphatic rings. The molecule has 0 aliphatic carbocycles. The maximum absolute atomic E-state index is 13.3. The number of hydrogen-bond acceptors (Lipinski definition) is 4. The summed E-state index contributed by atoms with van der Waals surface area (Å²) in [5, 5.41) is 11.4. The molecule has 0 unspecified atom stereocenters. The van der Waals surface area contributed by atoms with Crippen LogP contribution in [-0.2, 0) is 23.1 Å². The number of anilines is 1. The fraction of sp³-hybridized carbons (Fsp3) is 0.200. The summed E-state index contributed by atoms with van der Waals surface area (Å²) in [7, 11) is 1.49. The van der Waals surface area contributed by atoms with Crippen molar-refractivity contribution in [3.63, 3.8) is 0 Å². The van der Waals surface area contributed by atoms with E-state index in [-0.39, 0.29) is 17.7 Å². The molecule has 33 heavy (non-hydrogen) atoms. The van der Waals surface area contributed by atoms with Crippen molar-refractivity contribution in [2.45, 2.75) is 24.7 Å². The van der Waals surface area contributed by atoms with Crippen LogP contribution in [0.4, 0.5) is 18.9 Å². The van der Waals surface area contributed by atoms with E-state index >= 15 is 0 Å². The third-order valence-corrected chi connectivity index (χ3v) is 5.66. The molecule has 0 spiro atoms. The van der Waals surface area contributed by atoms with Crippen molar-refractivity contribution in [2.75, 3.05) is 12.0 Å². The van der Waals surface area contributed by atoms with Crippen LogP contribution in [0.3, 0.4) is 0 Å². The number of carbonyl (C=O) groups is 2. The van der Waals surface area contributed by atoms with E-state index in [1.807, 2.05) is 0 Å². The van der Waals surface area contributed by atoms with E-state index in [0.29, 0.717) is 17.0 Å². The van der Waals surface area contributed by atoms with Crippen molar-refractivity contribution >= 4 is 17.4 Å². The number of aliphatic hydroxyl groups is 1. The number of amides is 1. The number of methoxy groups -OCH3 is 1. The van der Waals surface area contributed by atoms with Crippen molar-refractivity contribution in [1.29, 1.82) is 0 Å². The minimum absolute atomic E-state index is 0.182. The average molecular weight is 455 g/mol. The van der Waals surface area contributed by atoms with E-state index in [2.05, 4.69) is 0 Å². The summed E-state index contributed by atoms with van der Waals surface area (Å²) in [6, 6.07) is 17.4. The number of nitrogens with zero attached hydrogens (tertiary/aromatic N) is 1. The van der Waals surface area contributed by atoms with Gasteiger partial charge in [0.25, 0.3) is 5.91 Å². The largest absolute Gasteiger partial charge is 0.497 e. The number of hydrogen-bond donors (Lipinski definition) is 1. The highest BCUT2D eigenvalue weighted by Crippen LogP contribution is 2.43. The minimum atomic E-state index is -4.52. The third kappa shape index (κ3) is 4.21. The molecule has 0 bridgehead atoms. The van der Waals surface area contributed by atoms with Crippen LogP contribution in [0.1, 0.15) is 33.5 Å². The maximum atomic E-state index is 13.3. The van der Waals surface area contributed by atoms with Crippen LogP contribution < -0.4 is 9.64 Å². The second-order valence-corrected chi connectivity index (χ2v) is 7.80. The van der Waals surface area contributed by atoms with Gasteiger partial charge in [0.1, 0.15) is 5.75 Å². The summed E-state index contributed by atoms with van der Waals surface area (Å²) in [6.45, 7) is -0.182. The highest BCUT2D eigenvalue weighted by atomic mass is 19.4. The van der Waals surface area contributed by atoms with Crippen LogP contribution in [0.5, 0.6) is 5.75 Å². The zero-order valence-electron chi connectivity index (χ0n) is 17.6. The van der Waals surface area contributed by atoms with Gasteiger partial charge in [0.05, 0.1) is 31.3 Å². The van der Waals surface area contributed by atoms with Gasteiger partial charge in [0.15, 0.2) is 11.4 Å². The summed E-state index contributed by atoms with van der Waals surface area (Å²) >= 11 is 0. The first-order valence-electron chi connectivity index (χ1n) is 10.1. The molecule has 1 aliphatic heterocycles. The predicted octanol–water partition coefficient (Wildman–Crippen LogP) is 4.72. The summed E-state index contributed by atoms with van der Waals surface area (Å²) in [5.41, 5.74) is -1.82. The molecule has 5 nitrogen and oxygen atoms in total. The van der Waals surface area contributed by atoms with Gasteiger partial charge in [-0.25, -0.2) is 0 Å². The molecular weight excluding hydrogens is 435 g/mol. The van der Waals surface area contributed by atoms with E-state index < -0.39 is 35.5 Å². The lowest BCUT2D eigenvalue weighted by Crippen LogP contribution is -2.41. The summed E-state index contributed by atoms with van der Waals surface area (Å²) in [6.07, 6.45) is -5.03. The molecule has 0 fully saturated rings. The zero-order valence-corrected chi connectivity index (χ0v) is 17.6. The van der Waals surface area contributed by atoms with Crippen molar-refractivity contribution in [1.82, 2.24) is 0 Å². The molecule has 3 aromatic carbocycles. The number of Topliss-reactive ketones (excluding diaryl/α,β-unsaturated/α-hetero) is 1. The van der Waals surface area contributed by atoms with Gasteiger partial charge in [-0.15, -0.1) is 0 Å². The van der Waals surface area contributed by atoms with Crippen LogP contribution in [0.15, 0.2) is 72.8 Å². The van der Waals surface area contributed by atoms with Crippen LogP contribution in [0, 0.1) is 0 Å². The van der Waals surface area contributed by atoms with Gasteiger partial charge in [0, 0.05) is 11.1 Å². The number of ether oxygens (including phenoxy) is 1. The average Bonchev–Trinajstić information content (AvgIpc) is 3.00. The topological polar surface area (TPSA) is 66.8 Å². The van der Waals surface area contributed by atoms with Crippen molar-refractivity contribution in [3.8, 4) is 5.75 Å². The first kappa shape index (κ1) is 22.5. The van der Waals surface area contributed by atoms with Crippen LogP contribution in [0.2, 0.25) is 0 Å². The molecule has 0 saturated heterocycles. The van der Waals surface area contributed by atoms with E-state index in [1.165, 1.54) is 36.3 Å². The Hall–Kier alpha value is -3.65. The molecule has 1 N–H and O–H groups in total. The summed E-state index contributed by atoms with van der Waals surface area (Å²) in [4.78, 5) is 27.4. The lowest BCUT2D eigenvalue weighted by molar-refractivity contribution is -0.137. The quantitative estimate of drug-likeness (QED) is 0.546. The van der Waals surface area contributed by atoms with Crippen LogP contribution in [0.25, 0.3) is 0 Å². The molecule has 1 atom stereocenters. The van der Waals surface area contributed by atoms with Gasteiger partial charge in [0.2, 0.25) is 0 Å². The maximum Gasteiger partial charge on any atom is 0.416 e. The molecule has 0 aromatic heterocycles. The standard InChI is InChI=1S/C25H20F3NO4/c1-33-19-11-9-17(10-12-19)22(30)14-24(32)20-7-2-3-8-21(20)29(23(24)31)15-16-5-4-6-18(13-16)25(26,27)28/h2-13,32H,14-15H2,1H3/t24-/m0/s1. The third-order valence-electron chi connectivity index (χ3n) is 5.66. The smallest absolute Gasteiger partial charge is 0.416 e. The first-order valence-corrected chi connectivity index (χ1v) is 10.1. The van der Waals surface area contributed by atoms with E-state index in [1.54, 1.807) is 36.4 Å². The molecule has 4 rings (SSSR count). The zero-order chi connectivity index (χ0) is 23.8. The van der Waals surface area contributed by atoms with Gasteiger partial charge in [-0.1, -0.05) is 30.3 Å². The number of ketones is 1. The van der Waals surface area contributed by atoms with Crippen LogP contribution in [-0.4, -0.2) is 23.9 Å². The van der Waals surface area contributed by atoms with E-state index in [0.717, 1.165) is 12.1 Å². The Morgan fingerprint density at radius 3 is 2.39 bits per heavy atom. The number of alkyl halides is 3. The highest BCUT2D eigenvalue weighted by molar-refractivity contribution is 6.10. The molecule has 0 saturated carbocycles. The lowest BCUT2D eigenvalue weighted by atomic mass is 9.88. The number of rotatable bonds is 6. The normalized spacial score (nSPS) is 17.7. The van der Waals surface area contributed by atoms with Gasteiger partial charge in [-0.2, -0.15) is 13.2 Å². The minimum Gasteiger partial charge on any atom is -0.497 e. The Labute approximate surface area is 188 Å². The van der Waals surface area contributed by atoms with Crippen molar-refractivity contribution < 1.29 is 32.6 Å². The predicted molar refractivity (Wildman–Crippen MR) is 115 cm³/mol. The fourth-order valence-corrected chi connectivity index (χ4v) is 3.97. The van der Waals surface area contributed by atoms with E-state index in [4.69, 9.17) is 4.74 Å². The Balaban J connectivity index is 1.64. The van der Waals surface area contributed by atoms with Gasteiger partial charge >= 0.3 is 6.18 Å².